The molecular formula is C24H29N5O3. The van der Waals surface area contributed by atoms with Crippen molar-refractivity contribution in [3.63, 3.8) is 0 Å². The van der Waals surface area contributed by atoms with Crippen molar-refractivity contribution in [2.24, 2.45) is 16.6 Å². The molecule has 2 bridgehead atoms. The van der Waals surface area contributed by atoms with E-state index >= 15 is 0 Å². The van der Waals surface area contributed by atoms with Crippen molar-refractivity contribution in [1.82, 2.24) is 5.32 Å². The number of carbonyl (C=O) groups excluding carboxylic acids is 2. The third kappa shape index (κ3) is 4.39. The zero-order valence-corrected chi connectivity index (χ0v) is 17.9. The van der Waals surface area contributed by atoms with Gasteiger partial charge in [0.2, 0.25) is 11.8 Å². The molecule has 3 saturated carbocycles. The van der Waals surface area contributed by atoms with Crippen LogP contribution in [0.3, 0.4) is 0 Å². The maximum Gasteiger partial charge on any atom is 0.230 e. The number of nitrogens with two attached hydrogens (primary N) is 1. The molecule has 0 heterocycles. The second kappa shape index (κ2) is 8.53. The molecule has 8 nitrogen and oxygen atoms in total. The quantitative estimate of drug-likeness (QED) is 0.235. The number of nitrogens with one attached hydrogen (secondary N) is 4. The molecule has 0 spiro atoms. The highest BCUT2D eigenvalue weighted by Gasteiger charge is 2.55. The number of phenolic OH excluding ortho intramolecular Hbond substituents is 1. The number of amides is 2. The second-order valence-corrected chi connectivity index (χ2v) is 8.98. The Bertz CT molecular complexity index is 992. The van der Waals surface area contributed by atoms with Gasteiger partial charge in [0.25, 0.3) is 0 Å². The first-order chi connectivity index (χ1) is 15.3. The summed E-state index contributed by atoms with van der Waals surface area (Å²) >= 11 is 0. The van der Waals surface area contributed by atoms with Crippen LogP contribution < -0.4 is 21.7 Å². The van der Waals surface area contributed by atoms with Crippen LogP contribution in [0.5, 0.6) is 5.75 Å². The zero-order chi connectivity index (χ0) is 22.8. The normalized spacial score (nSPS) is 23.9. The number of hydrogen-bond donors (Lipinski definition) is 6. The van der Waals surface area contributed by atoms with Crippen LogP contribution in [0.25, 0.3) is 0 Å². The molecule has 32 heavy (non-hydrogen) atoms. The standard InChI is InChI=1S/C24H29N5O3/c25-22(26)27-15-16-1-3-17(4-2-16)28-20(31)23-9-12-24(13-10-23,14-11-23)21(32)29-18-5-7-19(30)8-6-18/h1-8,30H,9-15H2,(H,28,31)(H,29,32)(H4,25,26,27). The number of guanidine groups is 1. The minimum absolute atomic E-state index is 0.00616. The summed E-state index contributed by atoms with van der Waals surface area (Å²) in [5.41, 5.74) is 6.84. The van der Waals surface area contributed by atoms with Crippen LogP contribution in [-0.2, 0) is 16.1 Å². The van der Waals surface area contributed by atoms with Gasteiger partial charge in [0.15, 0.2) is 5.96 Å². The lowest BCUT2D eigenvalue weighted by molar-refractivity contribution is -0.144. The minimum Gasteiger partial charge on any atom is -0.508 e. The van der Waals surface area contributed by atoms with Crippen LogP contribution in [0.15, 0.2) is 48.5 Å². The third-order valence-corrected chi connectivity index (χ3v) is 7.03. The van der Waals surface area contributed by atoms with Crippen molar-refractivity contribution < 1.29 is 14.7 Å². The zero-order valence-electron chi connectivity index (χ0n) is 17.9. The van der Waals surface area contributed by atoms with Gasteiger partial charge in [0.1, 0.15) is 5.75 Å². The first-order valence-corrected chi connectivity index (χ1v) is 10.9. The minimum atomic E-state index is -0.425. The van der Waals surface area contributed by atoms with Crippen LogP contribution >= 0.6 is 0 Å². The topological polar surface area (TPSA) is 140 Å². The molecule has 8 heteroatoms. The van der Waals surface area contributed by atoms with Gasteiger partial charge in [-0.05, 0) is 80.5 Å². The fourth-order valence-corrected chi connectivity index (χ4v) is 4.84. The molecule has 0 saturated heterocycles. The van der Waals surface area contributed by atoms with Crippen LogP contribution in [0.4, 0.5) is 11.4 Å². The Labute approximate surface area is 187 Å². The molecule has 0 aliphatic heterocycles. The van der Waals surface area contributed by atoms with E-state index in [2.05, 4.69) is 16.0 Å². The van der Waals surface area contributed by atoms with Gasteiger partial charge in [-0.25, -0.2) is 0 Å². The molecule has 0 unspecified atom stereocenters. The summed E-state index contributed by atoms with van der Waals surface area (Å²) < 4.78 is 0. The Morgan fingerprint density at radius 2 is 1.22 bits per heavy atom. The number of rotatable bonds is 6. The molecule has 7 N–H and O–H groups in total. The van der Waals surface area contributed by atoms with Crippen molar-refractivity contribution in [3.05, 3.63) is 54.1 Å². The Morgan fingerprint density at radius 3 is 1.62 bits per heavy atom. The summed E-state index contributed by atoms with van der Waals surface area (Å²) in [6.07, 6.45) is 4.17. The Hall–Kier alpha value is -3.55. The van der Waals surface area contributed by atoms with E-state index in [4.69, 9.17) is 11.1 Å². The van der Waals surface area contributed by atoms with Crippen molar-refractivity contribution in [1.29, 1.82) is 5.41 Å². The number of phenols is 1. The monoisotopic (exact) mass is 435 g/mol. The maximum absolute atomic E-state index is 13.1. The first kappa shape index (κ1) is 21.7. The SMILES string of the molecule is N=C(N)NCc1ccc(NC(=O)C23CCC(C(=O)Nc4ccc(O)cc4)(CC2)CC3)cc1. The maximum atomic E-state index is 13.1. The van der Waals surface area contributed by atoms with E-state index < -0.39 is 10.8 Å². The molecule has 2 aromatic carbocycles. The highest BCUT2D eigenvalue weighted by molar-refractivity contribution is 5.98. The van der Waals surface area contributed by atoms with Gasteiger partial charge < -0.3 is 26.8 Å². The van der Waals surface area contributed by atoms with E-state index in [1.807, 2.05) is 24.3 Å². The molecule has 5 rings (SSSR count). The fraction of sp³-hybridized carbons (Fsp3) is 0.375. The lowest BCUT2D eigenvalue weighted by atomic mass is 9.53. The fourth-order valence-electron chi connectivity index (χ4n) is 4.84. The average Bonchev–Trinajstić information content (AvgIpc) is 2.81. The lowest BCUT2D eigenvalue weighted by Crippen LogP contribution is -2.52. The van der Waals surface area contributed by atoms with Crippen LogP contribution in [0.2, 0.25) is 0 Å². The highest BCUT2D eigenvalue weighted by Crippen LogP contribution is 2.57. The molecule has 0 atom stereocenters. The van der Waals surface area contributed by atoms with Gasteiger partial charge >= 0.3 is 0 Å². The first-order valence-electron chi connectivity index (χ1n) is 10.9. The molecule has 0 aromatic heterocycles. The van der Waals surface area contributed by atoms with E-state index in [-0.39, 0.29) is 23.5 Å². The van der Waals surface area contributed by atoms with Crippen LogP contribution in [0.1, 0.15) is 44.1 Å². The molecule has 2 aromatic rings. The van der Waals surface area contributed by atoms with Crippen LogP contribution in [-0.4, -0.2) is 22.9 Å². The van der Waals surface area contributed by atoms with Crippen molar-refractivity contribution in [2.45, 2.75) is 45.1 Å². The Morgan fingerprint density at radius 1 is 0.812 bits per heavy atom. The van der Waals surface area contributed by atoms with E-state index in [1.54, 1.807) is 24.3 Å². The second-order valence-electron chi connectivity index (χ2n) is 8.98. The molecule has 3 aliphatic carbocycles. The van der Waals surface area contributed by atoms with E-state index in [1.165, 1.54) is 0 Å². The van der Waals surface area contributed by atoms with Gasteiger partial charge in [-0.3, -0.25) is 15.0 Å². The van der Waals surface area contributed by atoms with Crippen molar-refractivity contribution in [2.75, 3.05) is 10.6 Å². The number of benzene rings is 2. The summed E-state index contributed by atoms with van der Waals surface area (Å²) in [5.74, 6) is 0.115. The van der Waals surface area contributed by atoms with Crippen LogP contribution in [0, 0.1) is 16.2 Å². The van der Waals surface area contributed by atoms with Gasteiger partial charge in [0, 0.05) is 28.7 Å². The molecule has 3 fully saturated rings. The molecule has 3 aliphatic rings. The number of fused-ring (bicyclic) bond motifs is 3. The smallest absolute Gasteiger partial charge is 0.230 e. The molecule has 168 valence electrons. The van der Waals surface area contributed by atoms with E-state index in [0.717, 1.165) is 11.3 Å². The lowest BCUT2D eigenvalue weighted by Gasteiger charge is -2.51. The Kier molecular flexibility index (Phi) is 5.78. The summed E-state index contributed by atoms with van der Waals surface area (Å²) in [4.78, 5) is 26.2. The molecular weight excluding hydrogens is 406 g/mol. The summed E-state index contributed by atoms with van der Waals surface area (Å²) in [6.45, 7) is 0.460. The predicted molar refractivity (Wildman–Crippen MR) is 123 cm³/mol. The number of aromatic hydroxyl groups is 1. The van der Waals surface area contributed by atoms with Gasteiger partial charge in [-0.15, -0.1) is 0 Å². The largest absolute Gasteiger partial charge is 0.508 e. The van der Waals surface area contributed by atoms with Gasteiger partial charge in [-0.1, -0.05) is 12.1 Å². The number of hydrogen-bond acceptors (Lipinski definition) is 4. The van der Waals surface area contributed by atoms with E-state index in [9.17, 15) is 14.7 Å². The number of carbonyl (C=O) groups is 2. The molecule has 0 radical (unpaired) electrons. The predicted octanol–water partition coefficient (Wildman–Crippen LogP) is 3.29. The third-order valence-electron chi connectivity index (χ3n) is 7.03. The van der Waals surface area contributed by atoms with Crippen molar-refractivity contribution in [3.8, 4) is 5.75 Å². The Balaban J connectivity index is 1.35. The van der Waals surface area contributed by atoms with Gasteiger partial charge in [0.05, 0.1) is 0 Å². The highest BCUT2D eigenvalue weighted by atomic mass is 16.3. The summed E-state index contributed by atoms with van der Waals surface area (Å²) in [7, 11) is 0. The van der Waals surface area contributed by atoms with E-state index in [0.29, 0.717) is 50.8 Å². The average molecular weight is 436 g/mol. The van der Waals surface area contributed by atoms with Gasteiger partial charge in [-0.2, -0.15) is 0 Å². The van der Waals surface area contributed by atoms with Crippen molar-refractivity contribution >= 4 is 29.1 Å². The summed E-state index contributed by atoms with van der Waals surface area (Å²) in [6, 6.07) is 14.0. The molecule has 2 amide bonds. The summed E-state index contributed by atoms with van der Waals surface area (Å²) in [5, 5.41) is 25.4. The number of anilines is 2.